The number of nitrogens with zero attached hydrogens (tertiary/aromatic N) is 1. The minimum atomic E-state index is 0.446. The minimum absolute atomic E-state index is 0.446. The standard InChI is InChI=1S/C18H30N2/c1-5-18(3)10-12-20(13-11-18)14-17(19-4)16-9-7-6-8-15(16)2/h6-9,17,19H,5,10-14H2,1-4H3. The first-order chi connectivity index (χ1) is 9.58. The number of likely N-dealkylation sites (N-methyl/N-ethyl adjacent to an activating group) is 1. The zero-order valence-electron chi connectivity index (χ0n) is 13.6. The zero-order chi connectivity index (χ0) is 14.6. The first-order valence-corrected chi connectivity index (χ1v) is 8.03. The normalized spacial score (nSPS) is 20.8. The summed E-state index contributed by atoms with van der Waals surface area (Å²) >= 11 is 0. The fourth-order valence-corrected chi connectivity index (χ4v) is 3.21. The summed E-state index contributed by atoms with van der Waals surface area (Å²) in [6, 6.07) is 9.19. The van der Waals surface area contributed by atoms with E-state index in [9.17, 15) is 0 Å². The topological polar surface area (TPSA) is 15.3 Å². The zero-order valence-corrected chi connectivity index (χ0v) is 13.6. The van der Waals surface area contributed by atoms with Crippen molar-refractivity contribution < 1.29 is 0 Å². The molecule has 0 bridgehead atoms. The number of piperidine rings is 1. The van der Waals surface area contributed by atoms with Crippen LogP contribution in [-0.4, -0.2) is 31.6 Å². The van der Waals surface area contributed by atoms with Crippen LogP contribution in [0.3, 0.4) is 0 Å². The first kappa shape index (κ1) is 15.5. The third kappa shape index (κ3) is 3.62. The Morgan fingerprint density at radius 3 is 2.45 bits per heavy atom. The molecule has 1 aromatic rings. The van der Waals surface area contributed by atoms with Gasteiger partial charge in [-0.25, -0.2) is 0 Å². The fraction of sp³-hybridized carbons (Fsp3) is 0.667. The van der Waals surface area contributed by atoms with Gasteiger partial charge in [-0.3, -0.25) is 0 Å². The maximum atomic E-state index is 3.50. The van der Waals surface area contributed by atoms with Gasteiger partial charge in [-0.2, -0.15) is 0 Å². The molecule has 1 aliphatic heterocycles. The fourth-order valence-electron chi connectivity index (χ4n) is 3.21. The molecule has 0 amide bonds. The summed E-state index contributed by atoms with van der Waals surface area (Å²) in [7, 11) is 2.08. The molecule has 112 valence electrons. The van der Waals surface area contributed by atoms with E-state index in [0.29, 0.717) is 11.5 Å². The van der Waals surface area contributed by atoms with Crippen LogP contribution in [0.2, 0.25) is 0 Å². The summed E-state index contributed by atoms with van der Waals surface area (Å²) in [4.78, 5) is 2.63. The Labute approximate surface area is 124 Å². The molecular weight excluding hydrogens is 244 g/mol. The van der Waals surface area contributed by atoms with Crippen LogP contribution in [0.5, 0.6) is 0 Å². The van der Waals surface area contributed by atoms with Gasteiger partial charge >= 0.3 is 0 Å². The summed E-state index contributed by atoms with van der Waals surface area (Å²) in [5.74, 6) is 0. The Bertz CT molecular complexity index is 419. The molecule has 1 unspecified atom stereocenters. The van der Waals surface area contributed by atoms with E-state index >= 15 is 0 Å². The SMILES string of the molecule is CCC1(C)CCN(CC(NC)c2ccccc2C)CC1. The third-order valence-corrected chi connectivity index (χ3v) is 5.27. The lowest BCUT2D eigenvalue weighted by Crippen LogP contribution is -2.42. The van der Waals surface area contributed by atoms with E-state index in [2.05, 4.69) is 62.3 Å². The summed E-state index contributed by atoms with van der Waals surface area (Å²) in [6.07, 6.45) is 4.00. The number of hydrogen-bond acceptors (Lipinski definition) is 2. The van der Waals surface area contributed by atoms with E-state index in [1.54, 1.807) is 0 Å². The van der Waals surface area contributed by atoms with Gasteiger partial charge in [-0.05, 0) is 56.4 Å². The van der Waals surface area contributed by atoms with Gasteiger partial charge in [0.05, 0.1) is 0 Å². The molecular formula is C18H30N2. The molecule has 1 fully saturated rings. The van der Waals surface area contributed by atoms with Crippen molar-refractivity contribution in [1.82, 2.24) is 10.2 Å². The Morgan fingerprint density at radius 1 is 1.25 bits per heavy atom. The summed E-state index contributed by atoms with van der Waals surface area (Å²) in [5.41, 5.74) is 3.41. The predicted octanol–water partition coefficient (Wildman–Crippen LogP) is 3.77. The van der Waals surface area contributed by atoms with Gasteiger partial charge in [-0.1, -0.05) is 44.5 Å². The average Bonchev–Trinajstić information content (AvgIpc) is 2.48. The van der Waals surface area contributed by atoms with E-state index in [1.807, 2.05) is 0 Å². The molecule has 2 rings (SSSR count). The molecule has 1 aliphatic rings. The predicted molar refractivity (Wildman–Crippen MR) is 87.1 cm³/mol. The van der Waals surface area contributed by atoms with Crippen molar-refractivity contribution in [3.05, 3.63) is 35.4 Å². The van der Waals surface area contributed by atoms with Gasteiger partial charge in [0.1, 0.15) is 0 Å². The number of benzene rings is 1. The second-order valence-electron chi connectivity index (χ2n) is 6.66. The Morgan fingerprint density at radius 2 is 1.90 bits per heavy atom. The smallest absolute Gasteiger partial charge is 0.0449 e. The van der Waals surface area contributed by atoms with E-state index in [-0.39, 0.29) is 0 Å². The van der Waals surface area contributed by atoms with E-state index in [1.165, 1.54) is 43.5 Å². The lowest BCUT2D eigenvalue weighted by Gasteiger charge is -2.40. The maximum Gasteiger partial charge on any atom is 0.0449 e. The number of likely N-dealkylation sites (tertiary alicyclic amines) is 1. The molecule has 0 spiro atoms. The molecule has 0 aliphatic carbocycles. The lowest BCUT2D eigenvalue weighted by atomic mass is 9.78. The second-order valence-corrected chi connectivity index (χ2v) is 6.66. The Hall–Kier alpha value is -0.860. The van der Waals surface area contributed by atoms with Gasteiger partial charge in [0.2, 0.25) is 0 Å². The van der Waals surface area contributed by atoms with Gasteiger partial charge < -0.3 is 10.2 Å². The van der Waals surface area contributed by atoms with E-state index in [0.717, 1.165) is 6.54 Å². The number of aryl methyl sites for hydroxylation is 1. The van der Waals surface area contributed by atoms with Crippen LogP contribution in [-0.2, 0) is 0 Å². The monoisotopic (exact) mass is 274 g/mol. The van der Waals surface area contributed by atoms with Crippen molar-refractivity contribution >= 4 is 0 Å². The van der Waals surface area contributed by atoms with Crippen LogP contribution in [0.15, 0.2) is 24.3 Å². The molecule has 20 heavy (non-hydrogen) atoms. The average molecular weight is 274 g/mol. The van der Waals surface area contributed by atoms with Crippen molar-refractivity contribution in [2.24, 2.45) is 5.41 Å². The van der Waals surface area contributed by atoms with E-state index in [4.69, 9.17) is 0 Å². The highest BCUT2D eigenvalue weighted by atomic mass is 15.2. The van der Waals surface area contributed by atoms with Crippen molar-refractivity contribution in [2.75, 3.05) is 26.7 Å². The quantitative estimate of drug-likeness (QED) is 0.879. The highest BCUT2D eigenvalue weighted by Crippen LogP contribution is 2.34. The van der Waals surface area contributed by atoms with Crippen LogP contribution in [0.1, 0.15) is 50.3 Å². The van der Waals surface area contributed by atoms with Gasteiger partial charge in [0.15, 0.2) is 0 Å². The molecule has 2 heteroatoms. The highest BCUT2D eigenvalue weighted by Gasteiger charge is 2.29. The van der Waals surface area contributed by atoms with Crippen molar-refractivity contribution in [3.8, 4) is 0 Å². The Balaban J connectivity index is 1.97. The van der Waals surface area contributed by atoms with Crippen LogP contribution >= 0.6 is 0 Å². The van der Waals surface area contributed by atoms with Gasteiger partial charge in [0.25, 0.3) is 0 Å². The van der Waals surface area contributed by atoms with Crippen molar-refractivity contribution in [1.29, 1.82) is 0 Å². The summed E-state index contributed by atoms with van der Waals surface area (Å²) in [6.45, 7) is 10.6. The largest absolute Gasteiger partial charge is 0.312 e. The first-order valence-electron chi connectivity index (χ1n) is 8.03. The Kier molecular flexibility index (Phi) is 5.22. The summed E-state index contributed by atoms with van der Waals surface area (Å²) < 4.78 is 0. The molecule has 1 saturated heterocycles. The van der Waals surface area contributed by atoms with Crippen molar-refractivity contribution in [2.45, 2.75) is 46.1 Å². The molecule has 1 atom stereocenters. The van der Waals surface area contributed by atoms with Crippen LogP contribution in [0.4, 0.5) is 0 Å². The molecule has 1 N–H and O–H groups in total. The molecule has 2 nitrogen and oxygen atoms in total. The summed E-state index contributed by atoms with van der Waals surface area (Å²) in [5, 5.41) is 3.50. The molecule has 0 radical (unpaired) electrons. The second kappa shape index (κ2) is 6.73. The lowest BCUT2D eigenvalue weighted by molar-refractivity contribution is 0.107. The highest BCUT2D eigenvalue weighted by molar-refractivity contribution is 5.29. The molecule has 1 aromatic carbocycles. The molecule has 0 aromatic heterocycles. The van der Waals surface area contributed by atoms with Crippen LogP contribution in [0, 0.1) is 12.3 Å². The van der Waals surface area contributed by atoms with Gasteiger partial charge in [-0.15, -0.1) is 0 Å². The maximum absolute atomic E-state index is 3.50. The van der Waals surface area contributed by atoms with Crippen LogP contribution < -0.4 is 5.32 Å². The van der Waals surface area contributed by atoms with Crippen molar-refractivity contribution in [3.63, 3.8) is 0 Å². The number of nitrogens with one attached hydrogen (secondary N) is 1. The molecule has 1 heterocycles. The van der Waals surface area contributed by atoms with Crippen LogP contribution in [0.25, 0.3) is 0 Å². The number of rotatable bonds is 5. The molecule has 0 saturated carbocycles. The minimum Gasteiger partial charge on any atom is -0.312 e. The number of hydrogen-bond donors (Lipinski definition) is 1. The van der Waals surface area contributed by atoms with E-state index < -0.39 is 0 Å². The third-order valence-electron chi connectivity index (χ3n) is 5.27. The van der Waals surface area contributed by atoms with Gasteiger partial charge in [0, 0.05) is 12.6 Å².